The zero-order valence-electron chi connectivity index (χ0n) is 10.6. The molecule has 0 aromatic heterocycles. The lowest BCUT2D eigenvalue weighted by Crippen LogP contribution is -2.46. The van der Waals surface area contributed by atoms with E-state index in [2.05, 4.69) is 41.8 Å². The highest BCUT2D eigenvalue weighted by atomic mass is 15.0. The number of nitrogens with one attached hydrogen (secondary N) is 2. The van der Waals surface area contributed by atoms with Crippen LogP contribution in [0, 0.1) is 6.92 Å². The Morgan fingerprint density at radius 3 is 2.41 bits per heavy atom. The summed E-state index contributed by atoms with van der Waals surface area (Å²) in [4.78, 5) is 0. The SMILES string of the molecule is Cc1ccc(CNC2CC3CCC(C2)N3)cc1. The largest absolute Gasteiger partial charge is 0.311 e. The number of rotatable bonds is 3. The number of hydrogen-bond donors (Lipinski definition) is 2. The van der Waals surface area contributed by atoms with Crippen molar-refractivity contribution in [3.8, 4) is 0 Å². The Bertz CT molecular complexity index is 359. The van der Waals surface area contributed by atoms with E-state index in [0.29, 0.717) is 0 Å². The van der Waals surface area contributed by atoms with Crippen LogP contribution in [-0.4, -0.2) is 18.1 Å². The molecule has 17 heavy (non-hydrogen) atoms. The monoisotopic (exact) mass is 230 g/mol. The summed E-state index contributed by atoms with van der Waals surface area (Å²) in [5, 5.41) is 7.40. The Hall–Kier alpha value is -0.860. The van der Waals surface area contributed by atoms with Crippen molar-refractivity contribution < 1.29 is 0 Å². The molecule has 1 aromatic carbocycles. The number of aryl methyl sites for hydroxylation is 1. The normalized spacial score (nSPS) is 31.7. The molecule has 0 spiro atoms. The first-order valence-corrected chi connectivity index (χ1v) is 6.84. The minimum absolute atomic E-state index is 0.718. The third-order valence-corrected chi connectivity index (χ3v) is 4.19. The number of piperidine rings is 1. The van der Waals surface area contributed by atoms with E-state index in [0.717, 1.165) is 24.7 Å². The third kappa shape index (κ3) is 2.70. The Morgan fingerprint density at radius 1 is 1.12 bits per heavy atom. The fourth-order valence-electron chi connectivity index (χ4n) is 3.19. The summed E-state index contributed by atoms with van der Waals surface area (Å²) in [5.74, 6) is 0. The van der Waals surface area contributed by atoms with E-state index < -0.39 is 0 Å². The number of fused-ring (bicyclic) bond motifs is 2. The van der Waals surface area contributed by atoms with E-state index in [1.54, 1.807) is 0 Å². The minimum Gasteiger partial charge on any atom is -0.311 e. The van der Waals surface area contributed by atoms with Gasteiger partial charge in [0.2, 0.25) is 0 Å². The molecule has 2 atom stereocenters. The summed E-state index contributed by atoms with van der Waals surface area (Å²) in [5.41, 5.74) is 2.75. The summed E-state index contributed by atoms with van der Waals surface area (Å²) in [6, 6.07) is 11.1. The van der Waals surface area contributed by atoms with Gasteiger partial charge in [0.15, 0.2) is 0 Å². The van der Waals surface area contributed by atoms with E-state index in [4.69, 9.17) is 0 Å². The lowest BCUT2D eigenvalue weighted by molar-refractivity contribution is 0.316. The third-order valence-electron chi connectivity index (χ3n) is 4.19. The van der Waals surface area contributed by atoms with Gasteiger partial charge in [0.05, 0.1) is 0 Å². The molecular weight excluding hydrogens is 208 g/mol. The van der Waals surface area contributed by atoms with Crippen molar-refractivity contribution in [3.05, 3.63) is 35.4 Å². The minimum atomic E-state index is 0.718. The molecular formula is C15H22N2. The maximum absolute atomic E-state index is 3.72. The Morgan fingerprint density at radius 2 is 1.76 bits per heavy atom. The molecule has 0 radical (unpaired) electrons. The van der Waals surface area contributed by atoms with Crippen molar-refractivity contribution in [2.75, 3.05) is 0 Å². The van der Waals surface area contributed by atoms with Gasteiger partial charge in [-0.2, -0.15) is 0 Å². The van der Waals surface area contributed by atoms with E-state index in [1.807, 2.05) is 0 Å². The molecule has 2 saturated heterocycles. The van der Waals surface area contributed by atoms with Crippen LogP contribution < -0.4 is 10.6 Å². The predicted octanol–water partition coefficient (Wildman–Crippen LogP) is 2.37. The molecule has 2 fully saturated rings. The molecule has 2 heterocycles. The summed E-state index contributed by atoms with van der Waals surface area (Å²) in [6.45, 7) is 3.16. The summed E-state index contributed by atoms with van der Waals surface area (Å²) < 4.78 is 0. The first-order valence-electron chi connectivity index (χ1n) is 6.84. The van der Waals surface area contributed by atoms with Gasteiger partial charge < -0.3 is 10.6 Å². The first kappa shape index (κ1) is 11.2. The molecule has 2 aliphatic heterocycles. The molecule has 2 bridgehead atoms. The molecule has 0 aliphatic carbocycles. The maximum atomic E-state index is 3.72. The van der Waals surface area contributed by atoms with Crippen LogP contribution in [-0.2, 0) is 6.54 Å². The number of hydrogen-bond acceptors (Lipinski definition) is 2. The van der Waals surface area contributed by atoms with Crippen LogP contribution in [0.15, 0.2) is 24.3 Å². The van der Waals surface area contributed by atoms with Crippen molar-refractivity contribution in [3.63, 3.8) is 0 Å². The molecule has 1 aromatic rings. The zero-order valence-corrected chi connectivity index (χ0v) is 10.6. The Balaban J connectivity index is 1.52. The van der Waals surface area contributed by atoms with E-state index >= 15 is 0 Å². The Labute approximate surface area is 104 Å². The highest BCUT2D eigenvalue weighted by Crippen LogP contribution is 2.26. The smallest absolute Gasteiger partial charge is 0.0208 e. The van der Waals surface area contributed by atoms with Gasteiger partial charge in [0.25, 0.3) is 0 Å². The van der Waals surface area contributed by atoms with Crippen LogP contribution in [0.4, 0.5) is 0 Å². The summed E-state index contributed by atoms with van der Waals surface area (Å²) >= 11 is 0. The van der Waals surface area contributed by atoms with Crippen molar-refractivity contribution in [1.29, 1.82) is 0 Å². The highest BCUT2D eigenvalue weighted by molar-refractivity contribution is 5.21. The van der Waals surface area contributed by atoms with Gasteiger partial charge in [-0.3, -0.25) is 0 Å². The molecule has 2 heteroatoms. The van der Waals surface area contributed by atoms with E-state index in [9.17, 15) is 0 Å². The fraction of sp³-hybridized carbons (Fsp3) is 0.600. The lowest BCUT2D eigenvalue weighted by Gasteiger charge is -2.29. The molecule has 0 amide bonds. The lowest BCUT2D eigenvalue weighted by atomic mass is 9.99. The van der Waals surface area contributed by atoms with Gasteiger partial charge in [-0.1, -0.05) is 29.8 Å². The molecule has 92 valence electrons. The fourth-order valence-corrected chi connectivity index (χ4v) is 3.19. The van der Waals surface area contributed by atoms with Gasteiger partial charge in [0.1, 0.15) is 0 Å². The van der Waals surface area contributed by atoms with Gasteiger partial charge in [-0.05, 0) is 38.2 Å². The highest BCUT2D eigenvalue weighted by Gasteiger charge is 2.32. The van der Waals surface area contributed by atoms with Crippen LogP contribution in [0.25, 0.3) is 0 Å². The van der Waals surface area contributed by atoms with Gasteiger partial charge in [-0.15, -0.1) is 0 Å². The standard InChI is InChI=1S/C15H22N2/c1-11-2-4-12(5-3-11)10-16-15-8-13-6-7-14(9-15)17-13/h2-5,13-17H,6-10H2,1H3. The molecule has 2 N–H and O–H groups in total. The predicted molar refractivity (Wildman–Crippen MR) is 71.0 cm³/mol. The van der Waals surface area contributed by atoms with Crippen molar-refractivity contribution in [2.24, 2.45) is 0 Å². The van der Waals surface area contributed by atoms with Crippen molar-refractivity contribution in [1.82, 2.24) is 10.6 Å². The van der Waals surface area contributed by atoms with Crippen LogP contribution in [0.1, 0.15) is 36.8 Å². The second-order valence-corrected chi connectivity index (χ2v) is 5.67. The average molecular weight is 230 g/mol. The van der Waals surface area contributed by atoms with Gasteiger partial charge in [-0.25, -0.2) is 0 Å². The first-order chi connectivity index (χ1) is 8.29. The van der Waals surface area contributed by atoms with Crippen LogP contribution in [0.5, 0.6) is 0 Å². The molecule has 0 saturated carbocycles. The quantitative estimate of drug-likeness (QED) is 0.833. The van der Waals surface area contributed by atoms with Gasteiger partial charge in [0, 0.05) is 24.7 Å². The molecule has 2 aliphatic rings. The summed E-state index contributed by atoms with van der Waals surface area (Å²) in [6.07, 6.45) is 5.38. The van der Waals surface area contributed by atoms with Gasteiger partial charge >= 0.3 is 0 Å². The topological polar surface area (TPSA) is 24.1 Å². The second kappa shape index (κ2) is 4.79. The maximum Gasteiger partial charge on any atom is 0.0208 e. The zero-order chi connectivity index (χ0) is 11.7. The van der Waals surface area contributed by atoms with Crippen LogP contribution >= 0.6 is 0 Å². The average Bonchev–Trinajstić information content (AvgIpc) is 2.68. The van der Waals surface area contributed by atoms with Crippen molar-refractivity contribution in [2.45, 2.75) is 57.3 Å². The molecule has 2 unspecified atom stereocenters. The molecule has 3 rings (SSSR count). The van der Waals surface area contributed by atoms with Crippen LogP contribution in [0.2, 0.25) is 0 Å². The molecule has 2 nitrogen and oxygen atoms in total. The van der Waals surface area contributed by atoms with E-state index in [1.165, 1.54) is 36.8 Å². The Kier molecular flexibility index (Phi) is 3.17. The van der Waals surface area contributed by atoms with E-state index in [-0.39, 0.29) is 0 Å². The summed E-state index contributed by atoms with van der Waals surface area (Å²) in [7, 11) is 0. The van der Waals surface area contributed by atoms with Crippen LogP contribution in [0.3, 0.4) is 0 Å². The number of benzene rings is 1. The second-order valence-electron chi connectivity index (χ2n) is 5.67. The van der Waals surface area contributed by atoms with Crippen molar-refractivity contribution >= 4 is 0 Å².